The molecule has 0 radical (unpaired) electrons. The zero-order valence-electron chi connectivity index (χ0n) is 20.2. The average Bonchev–Trinajstić information content (AvgIpc) is 3.23. The minimum absolute atomic E-state index is 0.0623. The third-order valence-corrected chi connectivity index (χ3v) is 6.47. The summed E-state index contributed by atoms with van der Waals surface area (Å²) in [5.41, 5.74) is 6.39. The molecule has 36 heavy (non-hydrogen) atoms. The number of amides is 3. The van der Waals surface area contributed by atoms with Crippen LogP contribution in [0.2, 0.25) is 0 Å². The van der Waals surface area contributed by atoms with Gasteiger partial charge in [0.1, 0.15) is 5.75 Å². The van der Waals surface area contributed by atoms with Gasteiger partial charge in [-0.05, 0) is 42.4 Å². The van der Waals surface area contributed by atoms with E-state index in [1.165, 1.54) is 0 Å². The van der Waals surface area contributed by atoms with Crippen LogP contribution in [0.15, 0.2) is 53.0 Å². The molecule has 0 spiro atoms. The SMILES string of the molecule is CCCCCCOc1ccc(Br)cc1C(=O)NC(=S)NNC(=O)C1CC(=O)N(Cc2ccccc2)C1. The Morgan fingerprint density at radius 1 is 1.11 bits per heavy atom. The number of halogens is 1. The monoisotopic (exact) mass is 574 g/mol. The summed E-state index contributed by atoms with van der Waals surface area (Å²) >= 11 is 8.56. The fraction of sp³-hybridized carbons (Fsp3) is 0.385. The summed E-state index contributed by atoms with van der Waals surface area (Å²) in [6.45, 7) is 3.44. The third-order valence-electron chi connectivity index (χ3n) is 5.77. The van der Waals surface area contributed by atoms with Crippen molar-refractivity contribution in [1.82, 2.24) is 21.1 Å². The van der Waals surface area contributed by atoms with E-state index in [4.69, 9.17) is 17.0 Å². The van der Waals surface area contributed by atoms with Gasteiger partial charge in [-0.2, -0.15) is 0 Å². The van der Waals surface area contributed by atoms with E-state index in [9.17, 15) is 14.4 Å². The van der Waals surface area contributed by atoms with Gasteiger partial charge in [-0.3, -0.25) is 30.6 Å². The molecule has 3 N–H and O–H groups in total. The van der Waals surface area contributed by atoms with Gasteiger partial charge in [0.25, 0.3) is 5.91 Å². The fourth-order valence-corrected chi connectivity index (χ4v) is 4.35. The predicted octanol–water partition coefficient (Wildman–Crippen LogP) is 4.09. The highest BCUT2D eigenvalue weighted by molar-refractivity contribution is 9.10. The molecule has 2 aromatic rings. The highest BCUT2D eigenvalue weighted by Crippen LogP contribution is 2.24. The molecule has 0 bridgehead atoms. The highest BCUT2D eigenvalue weighted by atomic mass is 79.9. The number of hydrogen-bond donors (Lipinski definition) is 3. The number of thiocarbonyl (C=S) groups is 1. The molecule has 2 aromatic carbocycles. The summed E-state index contributed by atoms with van der Waals surface area (Å²) in [7, 11) is 0. The second-order valence-electron chi connectivity index (χ2n) is 8.61. The Morgan fingerprint density at radius 3 is 2.64 bits per heavy atom. The Morgan fingerprint density at radius 2 is 1.89 bits per heavy atom. The molecule has 0 aliphatic carbocycles. The number of hydrazine groups is 1. The molecular formula is C26H31BrN4O4S. The van der Waals surface area contributed by atoms with Crippen LogP contribution in [-0.2, 0) is 16.1 Å². The number of hydrogen-bond acceptors (Lipinski definition) is 5. The van der Waals surface area contributed by atoms with Crippen molar-refractivity contribution in [2.75, 3.05) is 13.2 Å². The molecule has 1 atom stereocenters. The predicted molar refractivity (Wildman–Crippen MR) is 145 cm³/mol. The zero-order chi connectivity index (χ0) is 25.9. The summed E-state index contributed by atoms with van der Waals surface area (Å²) in [4.78, 5) is 39.4. The highest BCUT2D eigenvalue weighted by Gasteiger charge is 2.34. The molecule has 192 valence electrons. The van der Waals surface area contributed by atoms with Gasteiger partial charge in [-0.15, -0.1) is 0 Å². The molecular weight excluding hydrogens is 544 g/mol. The third kappa shape index (κ3) is 8.30. The number of nitrogens with one attached hydrogen (secondary N) is 3. The Labute approximate surface area is 225 Å². The second-order valence-corrected chi connectivity index (χ2v) is 9.93. The van der Waals surface area contributed by atoms with E-state index >= 15 is 0 Å². The van der Waals surface area contributed by atoms with Gasteiger partial charge in [-0.1, -0.05) is 72.4 Å². The van der Waals surface area contributed by atoms with E-state index in [0.29, 0.717) is 31.0 Å². The van der Waals surface area contributed by atoms with Crippen LogP contribution in [-0.4, -0.2) is 40.9 Å². The lowest BCUT2D eigenvalue weighted by molar-refractivity contribution is -0.129. The number of benzene rings is 2. The van der Waals surface area contributed by atoms with E-state index < -0.39 is 11.8 Å². The topological polar surface area (TPSA) is 99.8 Å². The molecule has 1 aliphatic rings. The van der Waals surface area contributed by atoms with Gasteiger partial charge < -0.3 is 9.64 Å². The number of likely N-dealkylation sites (tertiary alicyclic amines) is 1. The van der Waals surface area contributed by atoms with Crippen molar-refractivity contribution in [1.29, 1.82) is 0 Å². The molecule has 1 fully saturated rings. The minimum atomic E-state index is -0.509. The summed E-state index contributed by atoms with van der Waals surface area (Å²) < 4.78 is 6.54. The molecule has 3 rings (SSSR count). The summed E-state index contributed by atoms with van der Waals surface area (Å²) in [5.74, 6) is -0.954. The van der Waals surface area contributed by atoms with Gasteiger partial charge in [0.15, 0.2) is 5.11 Å². The summed E-state index contributed by atoms with van der Waals surface area (Å²) in [5, 5.41) is 2.50. The van der Waals surface area contributed by atoms with Crippen LogP contribution in [0.25, 0.3) is 0 Å². The number of carbonyl (C=O) groups excluding carboxylic acids is 3. The van der Waals surface area contributed by atoms with Crippen LogP contribution in [0.3, 0.4) is 0 Å². The van der Waals surface area contributed by atoms with Crippen LogP contribution in [0, 0.1) is 5.92 Å². The van der Waals surface area contributed by atoms with Crippen molar-refractivity contribution in [3.05, 3.63) is 64.1 Å². The lowest BCUT2D eigenvalue weighted by atomic mass is 10.1. The Bertz CT molecular complexity index is 1080. The fourth-order valence-electron chi connectivity index (χ4n) is 3.84. The molecule has 1 saturated heterocycles. The van der Waals surface area contributed by atoms with Crippen molar-refractivity contribution >= 4 is 51.0 Å². The number of ether oxygens (including phenoxy) is 1. The summed E-state index contributed by atoms with van der Waals surface area (Å²) in [6, 6.07) is 14.8. The molecule has 1 aliphatic heterocycles. The number of nitrogens with zero attached hydrogens (tertiary/aromatic N) is 1. The molecule has 10 heteroatoms. The normalized spacial score (nSPS) is 14.9. The van der Waals surface area contributed by atoms with E-state index in [-0.39, 0.29) is 23.3 Å². The number of unbranched alkanes of at least 4 members (excludes halogenated alkanes) is 3. The Hall–Kier alpha value is -2.98. The maximum atomic E-state index is 12.8. The first-order valence-corrected chi connectivity index (χ1v) is 13.2. The zero-order valence-corrected chi connectivity index (χ0v) is 22.6. The Kier molecular flexibility index (Phi) is 10.7. The maximum Gasteiger partial charge on any atom is 0.261 e. The van der Waals surface area contributed by atoms with Crippen molar-refractivity contribution in [3.63, 3.8) is 0 Å². The first-order chi connectivity index (χ1) is 17.4. The van der Waals surface area contributed by atoms with Gasteiger partial charge in [0.2, 0.25) is 11.8 Å². The quantitative estimate of drug-likeness (QED) is 0.224. The standard InChI is InChI=1S/C26H31BrN4O4S/c1-2-3-4-8-13-35-22-12-11-20(27)15-21(22)25(34)28-26(36)30-29-24(33)19-14-23(32)31(17-19)16-18-9-6-5-7-10-18/h5-7,9-12,15,19H,2-4,8,13-14,16-17H2,1H3,(H,29,33)(H2,28,30,34,36). The van der Waals surface area contributed by atoms with Gasteiger partial charge >= 0.3 is 0 Å². The molecule has 3 amide bonds. The largest absolute Gasteiger partial charge is 0.493 e. The van der Waals surface area contributed by atoms with E-state index in [0.717, 1.165) is 35.7 Å². The minimum Gasteiger partial charge on any atom is -0.493 e. The van der Waals surface area contributed by atoms with Crippen LogP contribution in [0.4, 0.5) is 0 Å². The van der Waals surface area contributed by atoms with E-state index in [1.807, 2.05) is 30.3 Å². The summed E-state index contributed by atoms with van der Waals surface area (Å²) in [6.07, 6.45) is 4.37. The lowest BCUT2D eigenvalue weighted by Crippen LogP contribution is -2.50. The molecule has 8 nitrogen and oxygen atoms in total. The van der Waals surface area contributed by atoms with Crippen molar-refractivity contribution in [2.24, 2.45) is 5.92 Å². The first-order valence-electron chi connectivity index (χ1n) is 12.0. The van der Waals surface area contributed by atoms with Crippen molar-refractivity contribution in [3.8, 4) is 5.75 Å². The number of rotatable bonds is 10. The molecule has 0 aromatic heterocycles. The average molecular weight is 576 g/mol. The van der Waals surface area contributed by atoms with Crippen LogP contribution in [0.5, 0.6) is 5.75 Å². The van der Waals surface area contributed by atoms with E-state index in [1.54, 1.807) is 23.1 Å². The first kappa shape index (κ1) is 27.6. The van der Waals surface area contributed by atoms with Crippen LogP contribution >= 0.6 is 28.1 Å². The Balaban J connectivity index is 1.47. The van der Waals surface area contributed by atoms with Gasteiger partial charge in [0, 0.05) is 24.0 Å². The second kappa shape index (κ2) is 13.9. The van der Waals surface area contributed by atoms with Gasteiger partial charge in [-0.25, -0.2) is 0 Å². The van der Waals surface area contributed by atoms with Gasteiger partial charge in [0.05, 0.1) is 18.1 Å². The van der Waals surface area contributed by atoms with E-state index in [2.05, 4.69) is 39.0 Å². The maximum absolute atomic E-state index is 12.8. The van der Waals surface area contributed by atoms with Crippen molar-refractivity contribution < 1.29 is 19.1 Å². The van der Waals surface area contributed by atoms with Crippen LogP contribution in [0.1, 0.15) is 54.9 Å². The smallest absolute Gasteiger partial charge is 0.261 e. The van der Waals surface area contributed by atoms with Crippen LogP contribution < -0.4 is 20.9 Å². The number of carbonyl (C=O) groups is 3. The molecule has 1 heterocycles. The molecule has 1 unspecified atom stereocenters. The van der Waals surface area contributed by atoms with Crippen molar-refractivity contribution in [2.45, 2.75) is 45.6 Å². The molecule has 0 saturated carbocycles. The lowest BCUT2D eigenvalue weighted by Gasteiger charge is -2.17.